The molecule has 0 unspecified atom stereocenters. The molecule has 0 bridgehead atoms. The maximum atomic E-state index is 12.5. The third-order valence-electron chi connectivity index (χ3n) is 3.84. The number of hydrogen-bond donors (Lipinski definition) is 1. The predicted molar refractivity (Wildman–Crippen MR) is 86.8 cm³/mol. The van der Waals surface area contributed by atoms with Crippen LogP contribution in [0.4, 0.5) is 0 Å². The second-order valence-electron chi connectivity index (χ2n) is 5.61. The van der Waals surface area contributed by atoms with Crippen LogP contribution in [-0.4, -0.2) is 52.7 Å². The van der Waals surface area contributed by atoms with Crippen LogP contribution < -0.4 is 0 Å². The number of hydrogen-bond acceptors (Lipinski definition) is 6. The summed E-state index contributed by atoms with van der Waals surface area (Å²) in [7, 11) is 0. The molecule has 128 valence electrons. The molecule has 2 aromatic heterocycles. The third kappa shape index (κ3) is 3.82. The minimum absolute atomic E-state index is 0.0946. The van der Waals surface area contributed by atoms with Crippen molar-refractivity contribution in [3.8, 4) is 10.8 Å². The maximum absolute atomic E-state index is 12.5. The first-order chi connectivity index (χ1) is 11.5. The minimum Gasteiger partial charge on any atom is -0.481 e. The zero-order valence-corrected chi connectivity index (χ0v) is 14.0. The Hall–Kier alpha value is -2.19. The molecule has 1 atom stereocenters. The number of nitrogens with zero attached hydrogens (tertiary/aromatic N) is 2. The average Bonchev–Trinajstić information content (AvgIpc) is 3.17. The molecular formula is C16H18N2O5S. The van der Waals surface area contributed by atoms with E-state index in [4.69, 9.17) is 14.3 Å². The summed E-state index contributed by atoms with van der Waals surface area (Å²) in [6, 6.07) is 3.83. The van der Waals surface area contributed by atoms with Crippen molar-refractivity contribution in [2.45, 2.75) is 25.9 Å². The van der Waals surface area contributed by atoms with Gasteiger partial charge in [0.25, 0.3) is 0 Å². The Bertz CT molecular complexity index is 725. The molecule has 1 N–H and O–H groups in total. The van der Waals surface area contributed by atoms with Gasteiger partial charge in [0.15, 0.2) is 0 Å². The molecule has 3 rings (SSSR count). The van der Waals surface area contributed by atoms with Crippen LogP contribution in [0.5, 0.6) is 0 Å². The molecule has 1 aliphatic heterocycles. The molecule has 3 heterocycles. The number of aryl methyl sites for hydroxylation is 1. The molecule has 1 saturated heterocycles. The first kappa shape index (κ1) is 16.7. The second-order valence-corrected chi connectivity index (χ2v) is 6.55. The van der Waals surface area contributed by atoms with Crippen molar-refractivity contribution < 1.29 is 23.8 Å². The van der Waals surface area contributed by atoms with E-state index in [0.717, 1.165) is 4.88 Å². The number of carboxylic acid groups (broad SMARTS) is 1. The number of oxazole rings is 1. The van der Waals surface area contributed by atoms with E-state index in [1.165, 1.54) is 11.3 Å². The van der Waals surface area contributed by atoms with E-state index >= 15 is 0 Å². The molecule has 2 aromatic rings. The maximum Gasteiger partial charge on any atom is 0.306 e. The Morgan fingerprint density at radius 1 is 1.50 bits per heavy atom. The SMILES string of the molecule is Cc1oc(-c2cccs2)nc1CC(=O)N1CCO[C@@H](CC(=O)O)C1. The zero-order valence-electron chi connectivity index (χ0n) is 13.2. The van der Waals surface area contributed by atoms with Crippen LogP contribution in [0, 0.1) is 6.92 Å². The van der Waals surface area contributed by atoms with Crippen LogP contribution in [-0.2, 0) is 20.7 Å². The Labute approximate surface area is 142 Å². The van der Waals surface area contributed by atoms with E-state index in [0.29, 0.717) is 37.0 Å². The van der Waals surface area contributed by atoms with Crippen molar-refractivity contribution >= 4 is 23.2 Å². The summed E-state index contributed by atoms with van der Waals surface area (Å²) in [4.78, 5) is 30.3. The highest BCUT2D eigenvalue weighted by Crippen LogP contribution is 2.26. The van der Waals surface area contributed by atoms with Crippen molar-refractivity contribution in [1.82, 2.24) is 9.88 Å². The van der Waals surface area contributed by atoms with Gasteiger partial charge in [0.05, 0.1) is 36.1 Å². The molecule has 7 nitrogen and oxygen atoms in total. The molecule has 1 fully saturated rings. The highest BCUT2D eigenvalue weighted by Gasteiger charge is 2.27. The molecule has 24 heavy (non-hydrogen) atoms. The van der Waals surface area contributed by atoms with Gasteiger partial charge in [-0.05, 0) is 18.4 Å². The van der Waals surface area contributed by atoms with E-state index < -0.39 is 12.1 Å². The van der Waals surface area contributed by atoms with Gasteiger partial charge in [-0.2, -0.15) is 0 Å². The lowest BCUT2D eigenvalue weighted by atomic mass is 10.2. The molecular weight excluding hydrogens is 332 g/mol. The monoisotopic (exact) mass is 350 g/mol. The number of carbonyl (C=O) groups is 2. The van der Waals surface area contributed by atoms with Gasteiger partial charge in [0.1, 0.15) is 5.76 Å². The lowest BCUT2D eigenvalue weighted by molar-refractivity contribution is -0.147. The number of carbonyl (C=O) groups excluding carboxylic acids is 1. The molecule has 0 aromatic carbocycles. The summed E-state index contributed by atoms with van der Waals surface area (Å²) in [6.45, 7) is 2.89. The first-order valence-corrected chi connectivity index (χ1v) is 8.52. The van der Waals surface area contributed by atoms with E-state index in [1.807, 2.05) is 17.5 Å². The third-order valence-corrected chi connectivity index (χ3v) is 4.69. The number of morpholine rings is 1. The van der Waals surface area contributed by atoms with Crippen LogP contribution in [0.3, 0.4) is 0 Å². The fraction of sp³-hybridized carbons (Fsp3) is 0.438. The lowest BCUT2D eigenvalue weighted by Crippen LogP contribution is -2.46. The number of thiophene rings is 1. The van der Waals surface area contributed by atoms with Crippen molar-refractivity contribution in [2.75, 3.05) is 19.7 Å². The molecule has 1 aliphatic rings. The summed E-state index contributed by atoms with van der Waals surface area (Å²) in [5.74, 6) is 0.128. The van der Waals surface area contributed by atoms with Gasteiger partial charge in [0, 0.05) is 13.1 Å². The van der Waals surface area contributed by atoms with Gasteiger partial charge in [-0.3, -0.25) is 9.59 Å². The van der Waals surface area contributed by atoms with Crippen molar-refractivity contribution in [3.05, 3.63) is 29.0 Å². The number of amides is 1. The fourth-order valence-electron chi connectivity index (χ4n) is 2.62. The largest absolute Gasteiger partial charge is 0.481 e. The van der Waals surface area contributed by atoms with Crippen molar-refractivity contribution in [1.29, 1.82) is 0 Å². The molecule has 0 saturated carbocycles. The zero-order chi connectivity index (χ0) is 17.1. The summed E-state index contributed by atoms with van der Waals surface area (Å²) in [6.07, 6.45) is -0.421. The average molecular weight is 350 g/mol. The van der Waals surface area contributed by atoms with Crippen molar-refractivity contribution in [2.24, 2.45) is 0 Å². The topological polar surface area (TPSA) is 92.9 Å². The van der Waals surface area contributed by atoms with Crippen LogP contribution in [0.25, 0.3) is 10.8 Å². The van der Waals surface area contributed by atoms with Crippen LogP contribution in [0.2, 0.25) is 0 Å². The van der Waals surface area contributed by atoms with Crippen LogP contribution in [0.1, 0.15) is 17.9 Å². The molecule has 8 heteroatoms. The van der Waals surface area contributed by atoms with Gasteiger partial charge < -0.3 is 19.2 Å². The lowest BCUT2D eigenvalue weighted by Gasteiger charge is -2.32. The van der Waals surface area contributed by atoms with Crippen LogP contribution >= 0.6 is 11.3 Å². The molecule has 0 spiro atoms. The van der Waals surface area contributed by atoms with E-state index in [-0.39, 0.29) is 18.7 Å². The van der Waals surface area contributed by atoms with Crippen molar-refractivity contribution in [3.63, 3.8) is 0 Å². The molecule has 1 amide bonds. The van der Waals surface area contributed by atoms with Gasteiger partial charge in [-0.25, -0.2) is 4.98 Å². The number of rotatable bonds is 5. The highest BCUT2D eigenvalue weighted by molar-refractivity contribution is 7.13. The normalized spacial score (nSPS) is 17.9. The summed E-state index contributed by atoms with van der Waals surface area (Å²) >= 11 is 1.53. The molecule has 0 aliphatic carbocycles. The number of carboxylic acids is 1. The minimum atomic E-state index is -0.928. The first-order valence-electron chi connectivity index (χ1n) is 7.64. The van der Waals surface area contributed by atoms with Gasteiger partial charge in [0.2, 0.25) is 11.8 Å². The number of ether oxygens (including phenoxy) is 1. The highest BCUT2D eigenvalue weighted by atomic mass is 32.1. The Morgan fingerprint density at radius 2 is 2.33 bits per heavy atom. The van der Waals surface area contributed by atoms with Gasteiger partial charge in [-0.15, -0.1) is 11.3 Å². The fourth-order valence-corrected chi connectivity index (χ4v) is 3.27. The standard InChI is InChI=1S/C16H18N2O5S/c1-10-12(17-16(23-10)13-3-2-6-24-13)8-14(19)18-4-5-22-11(9-18)7-15(20)21/h2-3,6,11H,4-5,7-9H2,1H3,(H,20,21)/t11-/m0/s1. The van der Waals surface area contributed by atoms with E-state index in [2.05, 4.69) is 4.98 Å². The summed E-state index contributed by atoms with van der Waals surface area (Å²) in [5.41, 5.74) is 0.615. The summed E-state index contributed by atoms with van der Waals surface area (Å²) < 4.78 is 11.0. The quantitative estimate of drug-likeness (QED) is 0.886. The Kier molecular flexibility index (Phi) is 4.96. The molecule has 0 radical (unpaired) electrons. The van der Waals surface area contributed by atoms with E-state index in [1.54, 1.807) is 11.8 Å². The summed E-state index contributed by atoms with van der Waals surface area (Å²) in [5, 5.41) is 10.8. The second kappa shape index (κ2) is 7.14. The van der Waals surface area contributed by atoms with E-state index in [9.17, 15) is 9.59 Å². The number of aliphatic carboxylic acids is 1. The Morgan fingerprint density at radius 3 is 3.04 bits per heavy atom. The van der Waals surface area contributed by atoms with Gasteiger partial charge in [-0.1, -0.05) is 6.07 Å². The number of aromatic nitrogens is 1. The van der Waals surface area contributed by atoms with Gasteiger partial charge >= 0.3 is 5.97 Å². The predicted octanol–water partition coefficient (Wildman–Crippen LogP) is 1.96. The smallest absolute Gasteiger partial charge is 0.306 e. The Balaban J connectivity index is 1.65. The van der Waals surface area contributed by atoms with Crippen LogP contribution in [0.15, 0.2) is 21.9 Å².